The summed E-state index contributed by atoms with van der Waals surface area (Å²) in [5, 5.41) is 3.82. The van der Waals surface area contributed by atoms with E-state index in [1.807, 2.05) is 0 Å². The molecule has 1 unspecified atom stereocenters. The number of aromatic nitrogens is 3. The zero-order valence-corrected chi connectivity index (χ0v) is 10.8. The molecule has 0 aliphatic carbocycles. The smallest absolute Gasteiger partial charge is 0.303 e. The number of carbonyl (C=O) groups is 1. The van der Waals surface area contributed by atoms with Crippen LogP contribution in [0.4, 0.5) is 13.2 Å². The maximum absolute atomic E-state index is 12.4. The van der Waals surface area contributed by atoms with E-state index in [1.54, 1.807) is 24.3 Å². The Bertz CT molecular complexity index is 595. The van der Waals surface area contributed by atoms with Crippen molar-refractivity contribution in [2.24, 2.45) is 0 Å². The van der Waals surface area contributed by atoms with Crippen LogP contribution in [-0.2, 0) is 17.5 Å². The fourth-order valence-electron chi connectivity index (χ4n) is 1.65. The number of carbonyl (C=O) groups excluding carboxylic acids is 1. The van der Waals surface area contributed by atoms with Gasteiger partial charge in [-0.2, -0.15) is 13.2 Å². The largest absolute Gasteiger partial charge is 0.453 e. The zero-order valence-electron chi connectivity index (χ0n) is 10.0. The molecule has 0 saturated carbocycles. The second-order valence-corrected chi connectivity index (χ2v) is 4.52. The maximum atomic E-state index is 12.4. The fraction of sp³-hybridized carbons (Fsp3) is 0.250. The molecule has 2 aromatic rings. The highest BCUT2D eigenvalue weighted by atomic mass is 35.5. The van der Waals surface area contributed by atoms with Gasteiger partial charge in [0.05, 0.1) is 12.5 Å². The van der Waals surface area contributed by atoms with Crippen LogP contribution in [-0.4, -0.2) is 21.1 Å². The number of rotatable bonds is 4. The van der Waals surface area contributed by atoms with Crippen LogP contribution < -0.4 is 0 Å². The highest BCUT2D eigenvalue weighted by Gasteiger charge is 2.35. The topological polar surface area (TPSA) is 47.8 Å². The minimum atomic E-state index is -4.60. The lowest BCUT2D eigenvalue weighted by molar-refractivity contribution is -0.145. The van der Waals surface area contributed by atoms with Crippen molar-refractivity contribution in [3.05, 3.63) is 47.0 Å². The summed E-state index contributed by atoms with van der Waals surface area (Å²) in [4.78, 5) is 14.3. The van der Waals surface area contributed by atoms with Crippen molar-refractivity contribution >= 4 is 17.9 Å². The van der Waals surface area contributed by atoms with Crippen LogP contribution in [0.15, 0.2) is 30.6 Å². The van der Waals surface area contributed by atoms with Gasteiger partial charge in [-0.25, -0.2) is 4.98 Å². The van der Waals surface area contributed by atoms with E-state index in [2.05, 4.69) is 10.1 Å². The van der Waals surface area contributed by atoms with Crippen molar-refractivity contribution < 1.29 is 18.0 Å². The van der Waals surface area contributed by atoms with Gasteiger partial charge in [-0.3, -0.25) is 4.68 Å². The van der Waals surface area contributed by atoms with Gasteiger partial charge in [-0.1, -0.05) is 23.7 Å². The predicted octanol–water partition coefficient (Wildman–Crippen LogP) is 2.93. The van der Waals surface area contributed by atoms with E-state index >= 15 is 0 Å². The summed E-state index contributed by atoms with van der Waals surface area (Å²) in [5.41, 5.74) is 0.647. The molecule has 0 spiro atoms. The molecule has 1 aromatic heterocycles. The maximum Gasteiger partial charge on any atom is 0.453 e. The number of alkyl halides is 3. The Hall–Kier alpha value is -1.89. The lowest BCUT2D eigenvalue weighted by Gasteiger charge is -2.10. The van der Waals surface area contributed by atoms with E-state index in [-0.39, 0.29) is 6.54 Å². The third-order valence-electron chi connectivity index (χ3n) is 2.64. The van der Waals surface area contributed by atoms with Crippen molar-refractivity contribution in [2.45, 2.75) is 18.6 Å². The van der Waals surface area contributed by atoms with E-state index in [1.165, 1.54) is 0 Å². The van der Waals surface area contributed by atoms with E-state index in [9.17, 15) is 18.0 Å². The summed E-state index contributed by atoms with van der Waals surface area (Å²) in [7, 11) is 0. The molecule has 0 saturated heterocycles. The summed E-state index contributed by atoms with van der Waals surface area (Å²) in [6.07, 6.45) is -2.99. The molecule has 2 rings (SSSR count). The van der Waals surface area contributed by atoms with Gasteiger partial charge in [-0.05, 0) is 17.7 Å². The molecule has 0 radical (unpaired) electrons. The summed E-state index contributed by atoms with van der Waals surface area (Å²) >= 11 is 5.73. The van der Waals surface area contributed by atoms with Gasteiger partial charge in [0, 0.05) is 5.02 Å². The van der Waals surface area contributed by atoms with E-state index in [0.717, 1.165) is 11.0 Å². The summed E-state index contributed by atoms with van der Waals surface area (Å²) in [5.74, 6) is -1.84. The van der Waals surface area contributed by atoms with Crippen LogP contribution in [0, 0.1) is 0 Å². The molecule has 106 valence electrons. The van der Waals surface area contributed by atoms with Crippen LogP contribution in [0.3, 0.4) is 0 Å². The first-order chi connectivity index (χ1) is 9.40. The predicted molar refractivity (Wildman–Crippen MR) is 65.3 cm³/mol. The van der Waals surface area contributed by atoms with Crippen molar-refractivity contribution in [1.29, 1.82) is 0 Å². The normalized spacial score (nSPS) is 13.2. The quantitative estimate of drug-likeness (QED) is 0.816. The Balaban J connectivity index is 2.16. The summed E-state index contributed by atoms with van der Waals surface area (Å²) in [6, 6.07) is 6.50. The second-order valence-electron chi connectivity index (χ2n) is 4.08. The van der Waals surface area contributed by atoms with Gasteiger partial charge in [-0.15, -0.1) is 5.10 Å². The number of hydrogen-bond acceptors (Lipinski definition) is 3. The van der Waals surface area contributed by atoms with Gasteiger partial charge in [0.25, 0.3) is 5.82 Å². The van der Waals surface area contributed by atoms with Gasteiger partial charge in [0.15, 0.2) is 0 Å². The molecule has 1 aromatic carbocycles. The average molecular weight is 304 g/mol. The van der Waals surface area contributed by atoms with Gasteiger partial charge in [0.2, 0.25) is 0 Å². The Kier molecular flexibility index (Phi) is 4.08. The summed E-state index contributed by atoms with van der Waals surface area (Å²) in [6.45, 7) is -0.0196. The fourth-order valence-corrected chi connectivity index (χ4v) is 1.78. The van der Waals surface area contributed by atoms with E-state index in [4.69, 9.17) is 11.6 Å². The first kappa shape index (κ1) is 14.5. The van der Waals surface area contributed by atoms with Crippen molar-refractivity contribution in [3.8, 4) is 0 Å². The number of nitrogens with zero attached hydrogens (tertiary/aromatic N) is 3. The molecule has 4 nitrogen and oxygen atoms in total. The standard InChI is InChI=1S/C12H9ClF3N3O/c13-10-3-1-8(2-4-10)9(6-20)5-19-7-17-11(18-19)12(14,15)16/h1-4,6-7,9H,5H2. The lowest BCUT2D eigenvalue weighted by atomic mass is 10.0. The van der Waals surface area contributed by atoms with Gasteiger partial charge < -0.3 is 4.79 Å². The highest BCUT2D eigenvalue weighted by molar-refractivity contribution is 6.30. The molecule has 1 heterocycles. The van der Waals surface area contributed by atoms with Crippen LogP contribution in [0.2, 0.25) is 5.02 Å². The molecule has 0 aliphatic rings. The third-order valence-corrected chi connectivity index (χ3v) is 2.89. The molecule has 0 amide bonds. The zero-order chi connectivity index (χ0) is 14.8. The Labute approximate surface area is 117 Å². The minimum Gasteiger partial charge on any atom is -0.303 e. The van der Waals surface area contributed by atoms with Crippen molar-refractivity contribution in [2.75, 3.05) is 0 Å². The monoisotopic (exact) mass is 303 g/mol. The SMILES string of the molecule is O=CC(Cn1cnc(C(F)(F)F)n1)c1ccc(Cl)cc1. The highest BCUT2D eigenvalue weighted by Crippen LogP contribution is 2.26. The third kappa shape index (κ3) is 3.36. The molecular formula is C12H9ClF3N3O. The van der Waals surface area contributed by atoms with Crippen molar-refractivity contribution in [1.82, 2.24) is 14.8 Å². The van der Waals surface area contributed by atoms with Gasteiger partial charge >= 0.3 is 6.18 Å². The Morgan fingerprint density at radius 1 is 1.30 bits per heavy atom. The van der Waals surface area contributed by atoms with Crippen molar-refractivity contribution in [3.63, 3.8) is 0 Å². The first-order valence-electron chi connectivity index (χ1n) is 5.57. The Morgan fingerprint density at radius 3 is 2.45 bits per heavy atom. The molecule has 1 atom stereocenters. The number of halogens is 4. The number of aldehydes is 1. The first-order valence-corrected chi connectivity index (χ1v) is 5.95. The molecule has 20 heavy (non-hydrogen) atoms. The van der Waals surface area contributed by atoms with Crippen LogP contribution in [0.1, 0.15) is 17.3 Å². The van der Waals surface area contributed by atoms with E-state index < -0.39 is 17.9 Å². The second kappa shape index (κ2) is 5.62. The van der Waals surface area contributed by atoms with E-state index in [0.29, 0.717) is 16.9 Å². The van der Waals surface area contributed by atoms with Gasteiger partial charge in [0.1, 0.15) is 12.6 Å². The lowest BCUT2D eigenvalue weighted by Crippen LogP contribution is -2.13. The molecule has 0 aliphatic heterocycles. The van der Waals surface area contributed by atoms with Crippen LogP contribution in [0.25, 0.3) is 0 Å². The molecule has 0 fully saturated rings. The number of hydrogen-bond donors (Lipinski definition) is 0. The van der Waals surface area contributed by atoms with Crippen LogP contribution in [0.5, 0.6) is 0 Å². The summed E-state index contributed by atoms with van der Waals surface area (Å²) < 4.78 is 38.1. The van der Waals surface area contributed by atoms with Crippen LogP contribution >= 0.6 is 11.6 Å². The molecule has 0 bridgehead atoms. The minimum absolute atomic E-state index is 0.0196. The molecular weight excluding hydrogens is 295 g/mol. The molecule has 8 heteroatoms. The average Bonchev–Trinajstić information content (AvgIpc) is 2.85. The number of benzene rings is 1. The molecule has 0 N–H and O–H groups in total. The Morgan fingerprint density at radius 2 is 1.95 bits per heavy atom.